The normalized spacial score (nSPS) is 11.5. The molecule has 0 radical (unpaired) electrons. The zero-order valence-corrected chi connectivity index (χ0v) is 12.3. The Labute approximate surface area is 123 Å². The number of amides is 3. The van der Waals surface area contributed by atoms with Crippen LogP contribution in [0.5, 0.6) is 0 Å². The van der Waals surface area contributed by atoms with Crippen LogP contribution in [0.2, 0.25) is 0 Å². The van der Waals surface area contributed by atoms with Crippen molar-refractivity contribution >= 4 is 17.7 Å². The summed E-state index contributed by atoms with van der Waals surface area (Å²) in [6.45, 7) is 4.32. The Hall–Kier alpha value is -2.31. The molecule has 7 heteroatoms. The van der Waals surface area contributed by atoms with Crippen LogP contribution >= 0.6 is 0 Å². The molecular weight excluding hydrogens is 274 g/mol. The lowest BCUT2D eigenvalue weighted by Crippen LogP contribution is -2.45. The van der Waals surface area contributed by atoms with Crippen molar-refractivity contribution < 1.29 is 18.8 Å². The molecule has 0 aliphatic carbocycles. The number of hydrogen-bond acceptors (Lipinski definition) is 4. The largest absolute Gasteiger partial charge is 0.459 e. The van der Waals surface area contributed by atoms with Crippen molar-refractivity contribution in [2.24, 2.45) is 0 Å². The molecule has 1 aromatic rings. The number of hydrogen-bond donors (Lipinski definition) is 3. The summed E-state index contributed by atoms with van der Waals surface area (Å²) in [5.74, 6) is -0.692. The van der Waals surface area contributed by atoms with Gasteiger partial charge in [0, 0.05) is 19.5 Å². The topological polar surface area (TPSA) is 100 Å². The quantitative estimate of drug-likeness (QED) is 0.647. The van der Waals surface area contributed by atoms with E-state index < -0.39 is 6.04 Å². The average Bonchev–Trinajstić information content (AvgIpc) is 2.98. The van der Waals surface area contributed by atoms with E-state index in [9.17, 15) is 14.4 Å². The standard InChI is InChI=1S/C14H21N3O4/c1-3-7-15-13(19)10(2)17-12(18)6-8-16-14(20)11-5-4-9-21-11/h4-5,9-10H,3,6-8H2,1-2H3,(H,15,19)(H,16,20)(H,17,18). The number of carbonyl (C=O) groups is 3. The van der Waals surface area contributed by atoms with Crippen LogP contribution < -0.4 is 16.0 Å². The van der Waals surface area contributed by atoms with Crippen molar-refractivity contribution in [2.45, 2.75) is 32.7 Å². The van der Waals surface area contributed by atoms with Crippen molar-refractivity contribution in [3.63, 3.8) is 0 Å². The molecule has 3 N–H and O–H groups in total. The minimum atomic E-state index is -0.593. The van der Waals surface area contributed by atoms with E-state index in [-0.39, 0.29) is 36.4 Å². The van der Waals surface area contributed by atoms with Gasteiger partial charge in [0.15, 0.2) is 5.76 Å². The van der Waals surface area contributed by atoms with Crippen LogP contribution in [0, 0.1) is 0 Å². The monoisotopic (exact) mass is 295 g/mol. The van der Waals surface area contributed by atoms with Crippen molar-refractivity contribution in [3.05, 3.63) is 24.2 Å². The van der Waals surface area contributed by atoms with Gasteiger partial charge in [-0.1, -0.05) is 6.92 Å². The Morgan fingerprint density at radius 3 is 2.62 bits per heavy atom. The van der Waals surface area contributed by atoms with Crippen molar-refractivity contribution in [2.75, 3.05) is 13.1 Å². The number of rotatable bonds is 8. The molecule has 0 aromatic carbocycles. The number of furan rings is 1. The van der Waals surface area contributed by atoms with E-state index in [1.54, 1.807) is 13.0 Å². The zero-order chi connectivity index (χ0) is 15.7. The molecule has 0 aliphatic heterocycles. The summed E-state index contributed by atoms with van der Waals surface area (Å²) >= 11 is 0. The highest BCUT2D eigenvalue weighted by Gasteiger charge is 2.15. The Bertz CT molecular complexity index is 471. The number of nitrogens with one attached hydrogen (secondary N) is 3. The third-order valence-electron chi connectivity index (χ3n) is 2.70. The summed E-state index contributed by atoms with van der Waals surface area (Å²) in [6, 6.07) is 2.55. The molecule has 21 heavy (non-hydrogen) atoms. The molecule has 0 spiro atoms. The predicted octanol–water partition coefficient (Wildman–Crippen LogP) is 0.430. The van der Waals surface area contributed by atoms with Gasteiger partial charge in [0.2, 0.25) is 11.8 Å². The molecule has 7 nitrogen and oxygen atoms in total. The fraction of sp³-hybridized carbons (Fsp3) is 0.500. The smallest absolute Gasteiger partial charge is 0.286 e. The van der Waals surface area contributed by atoms with Crippen LogP contribution in [0.25, 0.3) is 0 Å². The van der Waals surface area contributed by atoms with Gasteiger partial charge >= 0.3 is 0 Å². The van der Waals surface area contributed by atoms with E-state index >= 15 is 0 Å². The van der Waals surface area contributed by atoms with Crippen LogP contribution in [0.1, 0.15) is 37.2 Å². The molecule has 1 atom stereocenters. The molecule has 0 aliphatic rings. The Morgan fingerprint density at radius 1 is 1.24 bits per heavy atom. The second-order valence-corrected chi connectivity index (χ2v) is 4.56. The van der Waals surface area contributed by atoms with E-state index in [1.165, 1.54) is 12.3 Å². The van der Waals surface area contributed by atoms with Gasteiger partial charge in [-0.05, 0) is 25.5 Å². The minimum Gasteiger partial charge on any atom is -0.459 e. The first-order valence-electron chi connectivity index (χ1n) is 6.93. The lowest BCUT2D eigenvalue weighted by molar-refractivity contribution is -0.128. The van der Waals surface area contributed by atoms with Gasteiger partial charge < -0.3 is 20.4 Å². The molecule has 116 valence electrons. The minimum absolute atomic E-state index is 0.0951. The van der Waals surface area contributed by atoms with E-state index in [1.807, 2.05) is 6.92 Å². The maximum atomic E-state index is 11.6. The van der Waals surface area contributed by atoms with Crippen LogP contribution in [0.15, 0.2) is 22.8 Å². The second-order valence-electron chi connectivity index (χ2n) is 4.56. The molecule has 1 rings (SSSR count). The van der Waals surface area contributed by atoms with E-state index in [0.29, 0.717) is 6.54 Å². The molecule has 1 heterocycles. The van der Waals surface area contributed by atoms with Gasteiger partial charge in [0.05, 0.1) is 6.26 Å². The van der Waals surface area contributed by atoms with Gasteiger partial charge in [0.25, 0.3) is 5.91 Å². The SMILES string of the molecule is CCCNC(=O)C(C)NC(=O)CCNC(=O)c1ccco1. The molecule has 0 saturated heterocycles. The van der Waals surface area contributed by atoms with E-state index in [0.717, 1.165) is 6.42 Å². The van der Waals surface area contributed by atoms with Gasteiger partial charge in [-0.25, -0.2) is 0 Å². The van der Waals surface area contributed by atoms with Crippen molar-refractivity contribution in [3.8, 4) is 0 Å². The summed E-state index contributed by atoms with van der Waals surface area (Å²) in [5.41, 5.74) is 0. The Kier molecular flexibility index (Phi) is 7.00. The molecule has 1 unspecified atom stereocenters. The first-order chi connectivity index (χ1) is 10.0. The second kappa shape index (κ2) is 8.78. The molecule has 3 amide bonds. The predicted molar refractivity (Wildman–Crippen MR) is 76.6 cm³/mol. The fourth-order valence-electron chi connectivity index (χ4n) is 1.56. The highest BCUT2D eigenvalue weighted by atomic mass is 16.3. The lowest BCUT2D eigenvalue weighted by Gasteiger charge is -2.13. The molecule has 0 bridgehead atoms. The van der Waals surface area contributed by atoms with E-state index in [4.69, 9.17) is 4.42 Å². The van der Waals surface area contributed by atoms with Gasteiger partial charge in [-0.2, -0.15) is 0 Å². The Balaban J connectivity index is 2.21. The first kappa shape index (κ1) is 16.7. The number of carbonyl (C=O) groups excluding carboxylic acids is 3. The first-order valence-corrected chi connectivity index (χ1v) is 6.93. The molecular formula is C14H21N3O4. The van der Waals surface area contributed by atoms with Crippen LogP contribution in [0.4, 0.5) is 0 Å². The highest BCUT2D eigenvalue weighted by molar-refractivity contribution is 5.92. The van der Waals surface area contributed by atoms with Gasteiger partial charge in [-0.15, -0.1) is 0 Å². The molecule has 0 saturated carbocycles. The fourth-order valence-corrected chi connectivity index (χ4v) is 1.56. The average molecular weight is 295 g/mol. The third-order valence-corrected chi connectivity index (χ3v) is 2.70. The summed E-state index contributed by atoms with van der Waals surface area (Å²) in [4.78, 5) is 34.7. The highest BCUT2D eigenvalue weighted by Crippen LogP contribution is 1.98. The third kappa shape index (κ3) is 6.11. The van der Waals surface area contributed by atoms with Crippen LogP contribution in [0.3, 0.4) is 0 Å². The van der Waals surface area contributed by atoms with Gasteiger partial charge in [-0.3, -0.25) is 14.4 Å². The van der Waals surface area contributed by atoms with Crippen LogP contribution in [-0.4, -0.2) is 36.9 Å². The summed E-state index contributed by atoms with van der Waals surface area (Å²) in [6.07, 6.45) is 2.33. The molecule has 1 aromatic heterocycles. The maximum Gasteiger partial charge on any atom is 0.286 e. The van der Waals surface area contributed by atoms with Crippen molar-refractivity contribution in [1.29, 1.82) is 0 Å². The zero-order valence-electron chi connectivity index (χ0n) is 12.3. The summed E-state index contributed by atoms with van der Waals surface area (Å²) < 4.78 is 4.92. The maximum absolute atomic E-state index is 11.6. The summed E-state index contributed by atoms with van der Waals surface area (Å²) in [5, 5.41) is 7.82. The lowest BCUT2D eigenvalue weighted by atomic mass is 10.2. The van der Waals surface area contributed by atoms with Crippen LogP contribution in [-0.2, 0) is 9.59 Å². The Morgan fingerprint density at radius 2 is 2.00 bits per heavy atom. The molecule has 0 fully saturated rings. The van der Waals surface area contributed by atoms with E-state index in [2.05, 4.69) is 16.0 Å². The van der Waals surface area contributed by atoms with Crippen molar-refractivity contribution in [1.82, 2.24) is 16.0 Å². The summed E-state index contributed by atoms with van der Waals surface area (Å²) in [7, 11) is 0. The van der Waals surface area contributed by atoms with Gasteiger partial charge in [0.1, 0.15) is 6.04 Å².